The molecule has 0 amide bonds. The van der Waals surface area contributed by atoms with Crippen molar-refractivity contribution in [2.75, 3.05) is 6.73 Å². The Hall–Kier alpha value is -1.24. The molecule has 1 aliphatic heterocycles. The van der Waals surface area contributed by atoms with Crippen LogP contribution in [-0.2, 0) is 12.7 Å². The zero-order valence-electron chi connectivity index (χ0n) is 14.5. The van der Waals surface area contributed by atoms with E-state index in [-0.39, 0.29) is 10.6 Å². The van der Waals surface area contributed by atoms with Crippen LogP contribution in [0.4, 0.5) is 13.2 Å². The average Bonchev–Trinajstić information content (AvgIpc) is 2.52. The second kappa shape index (κ2) is 6.73. The molecule has 0 saturated carbocycles. The summed E-state index contributed by atoms with van der Waals surface area (Å²) >= 11 is 9.21. The van der Waals surface area contributed by atoms with Gasteiger partial charge in [0.2, 0.25) is 0 Å². The van der Waals surface area contributed by atoms with Crippen LogP contribution in [0.15, 0.2) is 34.8 Å². The first-order valence-corrected chi connectivity index (χ1v) is 9.21. The highest BCUT2D eigenvalue weighted by Gasteiger charge is 2.34. The van der Waals surface area contributed by atoms with Crippen molar-refractivity contribution in [1.29, 1.82) is 0 Å². The zero-order valence-corrected chi connectivity index (χ0v) is 16.9. The molecule has 0 aliphatic carbocycles. The topological polar surface area (TPSA) is 12.5 Å². The van der Waals surface area contributed by atoms with E-state index in [9.17, 15) is 13.2 Å². The Morgan fingerprint density at radius 3 is 2.38 bits per heavy atom. The lowest BCUT2D eigenvalue weighted by atomic mass is 9.98. The Bertz CT molecular complexity index is 846. The summed E-state index contributed by atoms with van der Waals surface area (Å²) < 4.78 is 46.1. The maximum absolute atomic E-state index is 13.2. The summed E-state index contributed by atoms with van der Waals surface area (Å²) in [6, 6.07) is 7.61. The maximum Gasteiger partial charge on any atom is 0.417 e. The molecule has 7 heteroatoms. The number of rotatable bonds is 1. The second-order valence-corrected chi connectivity index (χ2v) is 8.54. The SMILES string of the molecule is CC(C)(C)N1COc2c(Br)cc(-c3ccc(Cl)c(C(F)(F)F)c3)cc2C1. The molecule has 1 aliphatic rings. The van der Waals surface area contributed by atoms with E-state index in [1.54, 1.807) is 12.1 Å². The van der Waals surface area contributed by atoms with E-state index in [4.69, 9.17) is 16.3 Å². The Balaban J connectivity index is 2.05. The van der Waals surface area contributed by atoms with E-state index in [0.717, 1.165) is 21.9 Å². The number of hydrogen-bond acceptors (Lipinski definition) is 2. The average molecular weight is 449 g/mol. The highest BCUT2D eigenvalue weighted by atomic mass is 79.9. The van der Waals surface area contributed by atoms with Crippen LogP contribution in [0.1, 0.15) is 31.9 Å². The van der Waals surface area contributed by atoms with Crippen molar-refractivity contribution in [1.82, 2.24) is 4.90 Å². The minimum Gasteiger partial charge on any atom is -0.477 e. The molecule has 0 N–H and O–H groups in total. The fourth-order valence-corrected chi connectivity index (χ4v) is 3.68. The van der Waals surface area contributed by atoms with Crippen molar-refractivity contribution in [3.8, 4) is 16.9 Å². The predicted molar refractivity (Wildman–Crippen MR) is 100 cm³/mol. The minimum atomic E-state index is -4.50. The van der Waals surface area contributed by atoms with E-state index in [2.05, 4.69) is 41.6 Å². The summed E-state index contributed by atoms with van der Waals surface area (Å²) in [5.41, 5.74) is 1.15. The van der Waals surface area contributed by atoms with Gasteiger partial charge in [-0.3, -0.25) is 4.90 Å². The van der Waals surface area contributed by atoms with Crippen molar-refractivity contribution < 1.29 is 17.9 Å². The third-order valence-electron chi connectivity index (χ3n) is 4.40. The first kappa shape index (κ1) is 19.5. The summed E-state index contributed by atoms with van der Waals surface area (Å²) in [6.07, 6.45) is -4.50. The molecule has 0 saturated heterocycles. The summed E-state index contributed by atoms with van der Waals surface area (Å²) in [7, 11) is 0. The molecule has 140 valence electrons. The van der Waals surface area contributed by atoms with Gasteiger partial charge >= 0.3 is 6.18 Å². The van der Waals surface area contributed by atoms with Gasteiger partial charge in [-0.15, -0.1) is 0 Å². The molecule has 0 atom stereocenters. The summed E-state index contributed by atoms with van der Waals surface area (Å²) in [5.74, 6) is 0.735. The molecule has 2 nitrogen and oxygen atoms in total. The van der Waals surface area contributed by atoms with Gasteiger partial charge in [0.15, 0.2) is 0 Å². The molecule has 1 heterocycles. The molecule has 0 fully saturated rings. The van der Waals surface area contributed by atoms with Gasteiger partial charge in [0.25, 0.3) is 0 Å². The lowest BCUT2D eigenvalue weighted by Crippen LogP contribution is -2.45. The van der Waals surface area contributed by atoms with Crippen molar-refractivity contribution in [2.45, 2.75) is 39.0 Å². The molecule has 0 spiro atoms. The molecule has 0 aromatic heterocycles. The number of halogens is 5. The van der Waals surface area contributed by atoms with E-state index in [0.29, 0.717) is 24.4 Å². The van der Waals surface area contributed by atoms with E-state index >= 15 is 0 Å². The van der Waals surface area contributed by atoms with E-state index in [1.165, 1.54) is 6.07 Å². The third-order valence-corrected chi connectivity index (χ3v) is 5.32. The molecule has 2 aromatic rings. The van der Waals surface area contributed by atoms with Gasteiger partial charge in [0.05, 0.1) is 15.1 Å². The van der Waals surface area contributed by atoms with Crippen LogP contribution in [0.25, 0.3) is 11.1 Å². The number of benzene rings is 2. The van der Waals surface area contributed by atoms with Crippen molar-refractivity contribution >= 4 is 27.5 Å². The van der Waals surface area contributed by atoms with Gasteiger partial charge in [-0.1, -0.05) is 17.7 Å². The molecule has 0 radical (unpaired) electrons. The van der Waals surface area contributed by atoms with Crippen molar-refractivity contribution in [2.24, 2.45) is 0 Å². The van der Waals surface area contributed by atoms with Crippen molar-refractivity contribution in [3.05, 3.63) is 51.0 Å². The van der Waals surface area contributed by atoms with Gasteiger partial charge < -0.3 is 4.74 Å². The van der Waals surface area contributed by atoms with Crippen molar-refractivity contribution in [3.63, 3.8) is 0 Å². The van der Waals surface area contributed by atoms with Crippen LogP contribution < -0.4 is 4.74 Å². The summed E-state index contributed by atoms with van der Waals surface area (Å²) in [5, 5.41) is -0.305. The zero-order chi connectivity index (χ0) is 19.3. The van der Waals surface area contributed by atoms with Crippen LogP contribution in [0.3, 0.4) is 0 Å². The fourth-order valence-electron chi connectivity index (χ4n) is 2.84. The first-order valence-electron chi connectivity index (χ1n) is 8.04. The molecule has 0 bridgehead atoms. The molecular weight excluding hydrogens is 431 g/mol. The fraction of sp³-hybridized carbons (Fsp3) is 0.368. The van der Waals surface area contributed by atoms with Gasteiger partial charge in [-0.2, -0.15) is 13.2 Å². The van der Waals surface area contributed by atoms with Crippen LogP contribution in [0, 0.1) is 0 Å². The second-order valence-electron chi connectivity index (χ2n) is 7.28. The number of hydrogen-bond donors (Lipinski definition) is 0. The largest absolute Gasteiger partial charge is 0.477 e. The summed E-state index contributed by atoms with van der Waals surface area (Å²) in [4.78, 5) is 2.16. The monoisotopic (exact) mass is 447 g/mol. The molecule has 2 aromatic carbocycles. The smallest absolute Gasteiger partial charge is 0.417 e. The number of ether oxygens (including phenoxy) is 1. The normalized spacial score (nSPS) is 15.5. The van der Waals surface area contributed by atoms with E-state index in [1.807, 2.05) is 6.07 Å². The van der Waals surface area contributed by atoms with E-state index < -0.39 is 11.7 Å². The molecule has 26 heavy (non-hydrogen) atoms. The Morgan fingerprint density at radius 2 is 1.77 bits per heavy atom. The number of alkyl halides is 3. The number of fused-ring (bicyclic) bond motifs is 1. The first-order chi connectivity index (χ1) is 12.0. The minimum absolute atomic E-state index is 0.0795. The predicted octanol–water partition coefficient (Wildman–Crippen LogP) is 6.74. The van der Waals surface area contributed by atoms with Crippen LogP contribution in [0.2, 0.25) is 5.02 Å². The Labute approximate surface area is 164 Å². The summed E-state index contributed by atoms with van der Waals surface area (Å²) in [6.45, 7) is 7.40. The highest BCUT2D eigenvalue weighted by Crippen LogP contribution is 2.41. The third kappa shape index (κ3) is 3.87. The van der Waals surface area contributed by atoms with Gasteiger partial charge in [0.1, 0.15) is 12.5 Å². The van der Waals surface area contributed by atoms with Gasteiger partial charge in [-0.25, -0.2) is 0 Å². The molecule has 3 rings (SSSR count). The van der Waals surface area contributed by atoms with Crippen LogP contribution in [0.5, 0.6) is 5.75 Å². The van der Waals surface area contributed by atoms with Gasteiger partial charge in [0, 0.05) is 17.6 Å². The molecular formula is C19H18BrClF3NO. The Morgan fingerprint density at radius 1 is 1.08 bits per heavy atom. The maximum atomic E-state index is 13.2. The standard InChI is InChI=1S/C19H18BrClF3NO/c1-18(2,3)25-9-13-6-12(8-15(20)17(13)26-10-25)11-4-5-16(21)14(7-11)19(22,23)24/h4-8H,9-10H2,1-3H3. The quantitative estimate of drug-likeness (QED) is 0.479. The molecule has 0 unspecified atom stereocenters. The van der Waals surface area contributed by atoms with Crippen LogP contribution >= 0.6 is 27.5 Å². The lowest BCUT2D eigenvalue weighted by Gasteiger charge is -2.39. The number of nitrogens with zero attached hydrogens (tertiary/aromatic N) is 1. The highest BCUT2D eigenvalue weighted by molar-refractivity contribution is 9.10. The van der Waals surface area contributed by atoms with Gasteiger partial charge in [-0.05, 0) is 72.1 Å². The lowest BCUT2D eigenvalue weighted by molar-refractivity contribution is -0.137. The Kier molecular flexibility index (Phi) is 5.05. The van der Waals surface area contributed by atoms with Crippen LogP contribution in [-0.4, -0.2) is 17.2 Å².